The smallest absolute Gasteiger partial charge is 0.338 e. The predicted octanol–water partition coefficient (Wildman–Crippen LogP) is 5.94. The van der Waals surface area contributed by atoms with Crippen LogP contribution in [0, 0.1) is 22.7 Å². The van der Waals surface area contributed by atoms with E-state index in [0.717, 1.165) is 0 Å². The van der Waals surface area contributed by atoms with Gasteiger partial charge in [-0.15, -0.1) is 0 Å². The number of esters is 5. The number of fused-ring (bicyclic) bond motifs is 3. The largest absolute Gasteiger partial charge is 0.462 e. The molecule has 1 aromatic rings. The quantitative estimate of drug-likeness (QED) is 0.205. The van der Waals surface area contributed by atoms with Crippen molar-refractivity contribution in [1.82, 2.24) is 0 Å². The summed E-state index contributed by atoms with van der Waals surface area (Å²) in [6.45, 7) is 17.3. The summed E-state index contributed by atoms with van der Waals surface area (Å²) in [5.74, 6) is -3.64. The summed E-state index contributed by atoms with van der Waals surface area (Å²) >= 11 is 6.01. The lowest BCUT2D eigenvalue weighted by Crippen LogP contribution is -2.64. The number of carbonyl (C=O) groups excluding carboxylic acids is 5. The first-order chi connectivity index (χ1) is 21.4. The highest BCUT2D eigenvalue weighted by Gasteiger charge is 2.64. The average molecular weight is 659 g/mol. The summed E-state index contributed by atoms with van der Waals surface area (Å²) in [5.41, 5.74) is 0.385. The molecule has 3 aliphatic carbocycles. The minimum atomic E-state index is -1.19. The maximum atomic E-state index is 13.3. The second-order valence-electron chi connectivity index (χ2n) is 13.4. The maximum absolute atomic E-state index is 13.3. The van der Waals surface area contributed by atoms with Crippen LogP contribution in [0.3, 0.4) is 0 Å². The summed E-state index contributed by atoms with van der Waals surface area (Å²) in [5, 5.41) is 0.462. The number of halogens is 1. The van der Waals surface area contributed by atoms with Crippen LogP contribution in [0.2, 0.25) is 5.02 Å². The van der Waals surface area contributed by atoms with E-state index in [1.165, 1.54) is 27.7 Å². The van der Waals surface area contributed by atoms with Gasteiger partial charge >= 0.3 is 29.8 Å². The van der Waals surface area contributed by atoms with Crippen molar-refractivity contribution in [3.8, 4) is 0 Å². The van der Waals surface area contributed by atoms with Gasteiger partial charge in [0, 0.05) is 39.1 Å². The number of carbonyl (C=O) groups is 5. The lowest BCUT2D eigenvalue weighted by Gasteiger charge is -2.59. The van der Waals surface area contributed by atoms with Gasteiger partial charge in [-0.2, -0.15) is 0 Å². The normalized spacial score (nSPS) is 31.8. The summed E-state index contributed by atoms with van der Waals surface area (Å²) < 4.78 is 29.9. The fourth-order valence-corrected chi connectivity index (χ4v) is 8.02. The van der Waals surface area contributed by atoms with Gasteiger partial charge in [0.15, 0.2) is 12.2 Å². The molecule has 8 atom stereocenters. The number of rotatable bonds is 6. The fraction of sp³-hybridized carbons (Fsp3) is 0.571. The molecule has 250 valence electrons. The first-order valence-corrected chi connectivity index (χ1v) is 15.8. The Morgan fingerprint density at radius 3 is 1.87 bits per heavy atom. The van der Waals surface area contributed by atoms with Crippen LogP contribution < -0.4 is 0 Å². The highest BCUT2D eigenvalue weighted by molar-refractivity contribution is 6.30. The van der Waals surface area contributed by atoms with Gasteiger partial charge in [-0.25, -0.2) is 4.79 Å². The van der Waals surface area contributed by atoms with Crippen LogP contribution in [0.1, 0.15) is 85.0 Å². The minimum Gasteiger partial charge on any atom is -0.462 e. The molecule has 46 heavy (non-hydrogen) atoms. The van der Waals surface area contributed by atoms with Gasteiger partial charge in [-0.05, 0) is 78.0 Å². The van der Waals surface area contributed by atoms with Crippen LogP contribution in [0.5, 0.6) is 0 Å². The zero-order valence-corrected chi connectivity index (χ0v) is 28.4. The van der Waals surface area contributed by atoms with E-state index >= 15 is 0 Å². The molecule has 0 heterocycles. The SMILES string of the molecule is C=C1[C@@H](OC(=O)c2ccc(Cl)cc2)C[C@H](OC(C)=O)[C@]2(C)[C@@H]1C[C@@H]1C[C@H](OC(C)=O)C(C)=C([C@@H](OC(C)=O)[C@@H]2OC(C)=O)C1(C)C. The predicted molar refractivity (Wildman–Crippen MR) is 167 cm³/mol. The molecule has 0 aromatic heterocycles. The molecule has 2 fully saturated rings. The van der Waals surface area contributed by atoms with E-state index < -0.39 is 77.1 Å². The fourth-order valence-electron chi connectivity index (χ4n) is 7.90. The van der Waals surface area contributed by atoms with Crippen molar-refractivity contribution in [1.29, 1.82) is 0 Å². The Hall–Kier alpha value is -3.66. The van der Waals surface area contributed by atoms with Gasteiger partial charge in [0.1, 0.15) is 18.3 Å². The Kier molecular flexibility index (Phi) is 10.1. The zero-order valence-electron chi connectivity index (χ0n) is 27.6. The number of benzene rings is 1. The van der Waals surface area contributed by atoms with Gasteiger partial charge in [0.2, 0.25) is 0 Å². The summed E-state index contributed by atoms with van der Waals surface area (Å²) in [7, 11) is 0. The minimum absolute atomic E-state index is 0.0253. The van der Waals surface area contributed by atoms with Gasteiger partial charge in [0.25, 0.3) is 0 Å². The monoisotopic (exact) mass is 658 g/mol. The van der Waals surface area contributed by atoms with E-state index in [4.69, 9.17) is 35.3 Å². The van der Waals surface area contributed by atoms with Gasteiger partial charge in [0.05, 0.1) is 11.0 Å². The molecule has 1 aromatic carbocycles. The van der Waals surface area contributed by atoms with E-state index in [9.17, 15) is 24.0 Å². The van der Waals surface area contributed by atoms with Gasteiger partial charge in [-0.1, -0.05) is 39.0 Å². The van der Waals surface area contributed by atoms with Gasteiger partial charge < -0.3 is 23.7 Å². The highest BCUT2D eigenvalue weighted by Crippen LogP contribution is 2.61. The van der Waals surface area contributed by atoms with Crippen molar-refractivity contribution in [2.45, 2.75) is 105 Å². The van der Waals surface area contributed by atoms with Crippen molar-refractivity contribution in [2.24, 2.45) is 22.7 Å². The lowest BCUT2D eigenvalue weighted by molar-refractivity contribution is -0.211. The van der Waals surface area contributed by atoms with E-state index in [1.807, 2.05) is 27.7 Å². The van der Waals surface area contributed by atoms with Crippen molar-refractivity contribution in [2.75, 3.05) is 0 Å². The Morgan fingerprint density at radius 2 is 1.33 bits per heavy atom. The maximum Gasteiger partial charge on any atom is 0.338 e. The molecule has 2 bridgehead atoms. The van der Waals surface area contributed by atoms with Crippen LogP contribution in [-0.2, 0) is 42.9 Å². The molecule has 4 rings (SSSR count). The molecular formula is C35H43ClO10. The van der Waals surface area contributed by atoms with Gasteiger partial charge in [-0.3, -0.25) is 19.2 Å². The Morgan fingerprint density at radius 1 is 0.761 bits per heavy atom. The third kappa shape index (κ3) is 6.73. The molecule has 0 saturated heterocycles. The molecule has 3 aliphatic rings. The highest BCUT2D eigenvalue weighted by atomic mass is 35.5. The Labute approximate surface area is 274 Å². The first kappa shape index (κ1) is 35.2. The molecule has 0 unspecified atom stereocenters. The molecule has 0 aliphatic heterocycles. The van der Waals surface area contributed by atoms with E-state index in [1.54, 1.807) is 24.3 Å². The average Bonchev–Trinajstić information content (AvgIpc) is 2.93. The number of hydrogen-bond donors (Lipinski definition) is 0. The summed E-state index contributed by atoms with van der Waals surface area (Å²) in [6.07, 6.45) is -3.81. The van der Waals surface area contributed by atoms with Crippen LogP contribution in [0.4, 0.5) is 0 Å². The molecule has 0 radical (unpaired) electrons. The molecule has 0 N–H and O–H groups in total. The van der Waals surface area contributed by atoms with Crippen molar-refractivity contribution in [3.63, 3.8) is 0 Å². The Balaban J connectivity index is 1.94. The summed E-state index contributed by atoms with van der Waals surface area (Å²) in [4.78, 5) is 63.7. The van der Waals surface area contributed by atoms with E-state index in [0.29, 0.717) is 34.6 Å². The second kappa shape index (κ2) is 13.2. The van der Waals surface area contributed by atoms with Crippen LogP contribution in [0.25, 0.3) is 0 Å². The van der Waals surface area contributed by atoms with Crippen molar-refractivity contribution in [3.05, 3.63) is 58.1 Å². The van der Waals surface area contributed by atoms with Crippen LogP contribution >= 0.6 is 11.6 Å². The second-order valence-corrected chi connectivity index (χ2v) is 13.8. The summed E-state index contributed by atoms with van der Waals surface area (Å²) in [6, 6.07) is 6.27. The van der Waals surface area contributed by atoms with E-state index in [-0.39, 0.29) is 17.9 Å². The van der Waals surface area contributed by atoms with E-state index in [2.05, 4.69) is 6.58 Å². The molecule has 2 saturated carbocycles. The number of ether oxygens (including phenoxy) is 5. The molecule has 10 nitrogen and oxygen atoms in total. The topological polar surface area (TPSA) is 132 Å². The Bertz CT molecular complexity index is 1460. The van der Waals surface area contributed by atoms with Crippen LogP contribution in [-0.4, -0.2) is 60.4 Å². The molecular weight excluding hydrogens is 616 g/mol. The van der Waals surface area contributed by atoms with Crippen LogP contribution in [0.15, 0.2) is 47.6 Å². The third-order valence-corrected chi connectivity index (χ3v) is 10.3. The molecule has 0 spiro atoms. The molecule has 11 heteroatoms. The number of hydrogen-bond acceptors (Lipinski definition) is 10. The van der Waals surface area contributed by atoms with Crippen molar-refractivity contribution < 1.29 is 47.7 Å². The lowest BCUT2D eigenvalue weighted by atomic mass is 9.49. The first-order valence-electron chi connectivity index (χ1n) is 15.4. The molecule has 0 amide bonds. The standard InChI is InChI=1S/C35H43ClO10/c1-17-26-14-24-15-27(42-19(3)37)18(2)30(34(24,7)8)31(44-21(5)39)32(45-22(6)40)35(26,9)29(43-20(4)38)16-28(17)46-33(41)23-10-12-25(36)13-11-23/h10-13,24,26-29,31-32H,1,14-16H2,2-9H3/t24-,26-,27+,28+,29+,31-,32+,35+/m1/s1. The third-order valence-electron chi connectivity index (χ3n) is 10.1. The zero-order chi connectivity index (χ0) is 34.3. The van der Waals surface area contributed by atoms with Crippen molar-refractivity contribution >= 4 is 41.4 Å².